The summed E-state index contributed by atoms with van der Waals surface area (Å²) in [6.45, 7) is 5.59. The molecule has 1 saturated heterocycles. The van der Waals surface area contributed by atoms with Crippen molar-refractivity contribution in [1.82, 2.24) is 31.1 Å². The van der Waals surface area contributed by atoms with Crippen LogP contribution < -0.4 is 21.0 Å². The van der Waals surface area contributed by atoms with Crippen molar-refractivity contribution in [3.63, 3.8) is 0 Å². The Labute approximate surface area is 242 Å². The monoisotopic (exact) mass is 580 g/mol. The van der Waals surface area contributed by atoms with Gasteiger partial charge in [-0.2, -0.15) is 23.8 Å². The molecule has 3 aromatic carbocycles. The van der Waals surface area contributed by atoms with Gasteiger partial charge in [0.1, 0.15) is 18.0 Å². The maximum atomic E-state index is 12.5. The summed E-state index contributed by atoms with van der Waals surface area (Å²) in [4.78, 5) is 12.3. The quantitative estimate of drug-likeness (QED) is 0.210. The van der Waals surface area contributed by atoms with Crippen LogP contribution in [0.1, 0.15) is 39.9 Å². The normalized spacial score (nSPS) is 14.8. The molecule has 0 aliphatic carbocycles. The Morgan fingerprint density at radius 1 is 0.976 bits per heavy atom. The van der Waals surface area contributed by atoms with Crippen molar-refractivity contribution in [1.29, 1.82) is 0 Å². The van der Waals surface area contributed by atoms with Crippen molar-refractivity contribution in [2.75, 3.05) is 19.6 Å². The minimum Gasteiger partial charge on any atom is -0.457 e. The van der Waals surface area contributed by atoms with Crippen molar-refractivity contribution in [3.05, 3.63) is 89.1 Å². The van der Waals surface area contributed by atoms with Gasteiger partial charge in [-0.25, -0.2) is 10.4 Å². The van der Waals surface area contributed by atoms with Crippen molar-refractivity contribution in [3.8, 4) is 11.5 Å². The Bertz CT molecular complexity index is 1490. The van der Waals surface area contributed by atoms with Crippen molar-refractivity contribution in [2.24, 2.45) is 5.92 Å². The van der Waals surface area contributed by atoms with Crippen LogP contribution >= 0.6 is 0 Å². The van der Waals surface area contributed by atoms with Gasteiger partial charge in [0, 0.05) is 43.3 Å². The molecule has 42 heavy (non-hydrogen) atoms. The smallest absolute Gasteiger partial charge is 0.405 e. The average Bonchev–Trinajstić information content (AvgIpc) is 3.38. The zero-order valence-corrected chi connectivity index (χ0v) is 23.7. The first-order valence-electron chi connectivity index (χ1n) is 14.0. The van der Waals surface area contributed by atoms with Gasteiger partial charge in [-0.3, -0.25) is 9.48 Å². The van der Waals surface area contributed by atoms with Gasteiger partial charge in [0.2, 0.25) is 0 Å². The van der Waals surface area contributed by atoms with Gasteiger partial charge in [-0.05, 0) is 80.1 Å². The number of amides is 1. The van der Waals surface area contributed by atoms with E-state index in [4.69, 9.17) is 4.74 Å². The number of nitrogens with one attached hydrogen (secondary N) is 3. The summed E-state index contributed by atoms with van der Waals surface area (Å²) in [5.41, 5.74) is 10.5. The van der Waals surface area contributed by atoms with Gasteiger partial charge >= 0.3 is 6.18 Å². The number of nitrogens with zero attached hydrogens (tertiary/aromatic N) is 3. The number of benzene rings is 3. The molecular weight excluding hydrogens is 545 g/mol. The van der Waals surface area contributed by atoms with Crippen molar-refractivity contribution in [2.45, 2.75) is 46.0 Å². The first-order chi connectivity index (χ1) is 20.1. The highest BCUT2D eigenvalue weighted by atomic mass is 19.4. The molecule has 0 radical (unpaired) electrons. The number of halogens is 3. The summed E-state index contributed by atoms with van der Waals surface area (Å²) >= 11 is 0. The molecule has 8 nitrogen and oxygen atoms in total. The first kappa shape index (κ1) is 29.6. The number of aryl methyl sites for hydroxylation is 2. The lowest BCUT2D eigenvalue weighted by Gasteiger charge is -2.32. The van der Waals surface area contributed by atoms with E-state index in [1.807, 2.05) is 71.7 Å². The molecule has 0 bridgehead atoms. The number of rotatable bonds is 10. The average molecular weight is 581 g/mol. The van der Waals surface area contributed by atoms with Crippen LogP contribution in [0.3, 0.4) is 0 Å². The molecule has 1 aromatic heterocycles. The number of piperidine rings is 1. The number of carbonyl (C=O) groups is 1. The minimum atomic E-state index is -4.45. The predicted molar refractivity (Wildman–Crippen MR) is 155 cm³/mol. The van der Waals surface area contributed by atoms with Crippen LogP contribution in [0.4, 0.5) is 13.2 Å². The summed E-state index contributed by atoms with van der Waals surface area (Å²) in [6.07, 6.45) is -0.599. The zero-order valence-electron chi connectivity index (χ0n) is 23.7. The van der Waals surface area contributed by atoms with Gasteiger partial charge < -0.3 is 10.1 Å². The predicted octanol–water partition coefficient (Wildman–Crippen LogP) is 5.66. The summed E-state index contributed by atoms with van der Waals surface area (Å²) in [5.74, 6) is 1.31. The van der Waals surface area contributed by atoms with Crippen LogP contribution in [-0.4, -0.2) is 46.5 Å². The zero-order chi connectivity index (χ0) is 29.7. The minimum absolute atomic E-state index is 0.227. The van der Waals surface area contributed by atoms with Gasteiger partial charge in [0.05, 0.1) is 5.52 Å². The second-order valence-corrected chi connectivity index (χ2v) is 10.8. The van der Waals surface area contributed by atoms with E-state index in [-0.39, 0.29) is 5.56 Å². The summed E-state index contributed by atoms with van der Waals surface area (Å²) in [6, 6.07) is 19.2. The standard InChI is InChI=1S/C31H35F3N6O2/c1-21-3-7-25(8-4-21)42-26-9-5-23(6-10-26)17-36-38-39-15-13-24(14-16-39)18-40-19-28-22(2)27(11-12-29(28)37-40)30(41)35-20-31(32,33)34/h3-12,19,24,36,38H,13-18,20H2,1-2H3,(H,35,41). The third kappa shape index (κ3) is 7.87. The molecule has 4 aromatic rings. The summed E-state index contributed by atoms with van der Waals surface area (Å²) < 4.78 is 45.3. The Balaban J connectivity index is 1.05. The third-order valence-electron chi connectivity index (χ3n) is 7.47. The van der Waals surface area contributed by atoms with E-state index < -0.39 is 18.6 Å². The Kier molecular flexibility index (Phi) is 9.10. The molecule has 0 spiro atoms. The molecule has 1 amide bonds. The number of fused-ring (bicyclic) bond motifs is 1. The van der Waals surface area contributed by atoms with Crippen LogP contribution in [-0.2, 0) is 13.1 Å². The van der Waals surface area contributed by atoms with Crippen molar-refractivity contribution >= 4 is 16.8 Å². The van der Waals surface area contributed by atoms with Crippen LogP contribution in [0.5, 0.6) is 11.5 Å². The molecule has 222 valence electrons. The molecule has 1 aliphatic heterocycles. The van der Waals surface area contributed by atoms with Gasteiger partial charge in [0.15, 0.2) is 0 Å². The van der Waals surface area contributed by atoms with Crippen LogP contribution in [0.2, 0.25) is 0 Å². The second-order valence-electron chi connectivity index (χ2n) is 10.8. The maximum Gasteiger partial charge on any atom is 0.405 e. The lowest BCUT2D eigenvalue weighted by atomic mass is 9.98. The van der Waals surface area contributed by atoms with E-state index in [2.05, 4.69) is 21.1 Å². The fourth-order valence-electron chi connectivity index (χ4n) is 5.06. The van der Waals surface area contributed by atoms with Crippen LogP contribution in [0.15, 0.2) is 66.9 Å². The molecule has 11 heteroatoms. The molecule has 1 fully saturated rings. The number of hydrogen-bond acceptors (Lipinski definition) is 6. The summed E-state index contributed by atoms with van der Waals surface area (Å²) in [5, 5.41) is 9.53. The molecule has 1 aliphatic rings. The fraction of sp³-hybridized carbons (Fsp3) is 0.355. The van der Waals surface area contributed by atoms with Crippen molar-refractivity contribution < 1.29 is 22.7 Å². The Morgan fingerprint density at radius 3 is 2.31 bits per heavy atom. The van der Waals surface area contributed by atoms with Crippen LogP contribution in [0, 0.1) is 19.8 Å². The molecule has 5 rings (SSSR count). The highest BCUT2D eigenvalue weighted by Crippen LogP contribution is 2.25. The lowest BCUT2D eigenvalue weighted by molar-refractivity contribution is -0.123. The third-order valence-corrected chi connectivity index (χ3v) is 7.47. The van der Waals surface area contributed by atoms with E-state index in [1.54, 1.807) is 13.0 Å². The van der Waals surface area contributed by atoms with E-state index in [0.717, 1.165) is 60.4 Å². The molecule has 2 heterocycles. The van der Waals surface area contributed by atoms with E-state index in [0.29, 0.717) is 18.0 Å². The number of alkyl halides is 3. The number of hydrogen-bond donors (Lipinski definition) is 3. The summed E-state index contributed by atoms with van der Waals surface area (Å²) in [7, 11) is 0. The molecule has 3 N–H and O–H groups in total. The van der Waals surface area contributed by atoms with E-state index in [9.17, 15) is 18.0 Å². The first-order valence-corrected chi connectivity index (χ1v) is 14.0. The van der Waals surface area contributed by atoms with Gasteiger partial charge in [-0.1, -0.05) is 29.8 Å². The molecule has 0 saturated carbocycles. The highest BCUT2D eigenvalue weighted by molar-refractivity contribution is 6.00. The maximum absolute atomic E-state index is 12.5. The molecule has 0 unspecified atom stereocenters. The topological polar surface area (TPSA) is 83.5 Å². The fourth-order valence-corrected chi connectivity index (χ4v) is 5.06. The van der Waals surface area contributed by atoms with Gasteiger partial charge in [0.25, 0.3) is 5.91 Å². The SMILES string of the molecule is Cc1ccc(Oc2ccc(CNNN3CCC(Cn4cc5c(C)c(C(=O)NCC(F)(F)F)ccc5n4)CC3)cc2)cc1. The second kappa shape index (κ2) is 12.9. The number of ether oxygens (including phenoxy) is 1. The largest absolute Gasteiger partial charge is 0.457 e. The van der Waals surface area contributed by atoms with E-state index in [1.165, 1.54) is 11.6 Å². The molecular formula is C31H35F3N6O2. The number of aromatic nitrogens is 2. The Hall–Kier alpha value is -3.93. The number of hydrazine groups is 2. The highest BCUT2D eigenvalue weighted by Gasteiger charge is 2.28. The van der Waals surface area contributed by atoms with Crippen LogP contribution in [0.25, 0.3) is 10.9 Å². The number of carbonyl (C=O) groups excluding carboxylic acids is 1. The Morgan fingerprint density at radius 2 is 1.64 bits per heavy atom. The van der Waals surface area contributed by atoms with E-state index >= 15 is 0 Å². The molecule has 0 atom stereocenters. The lowest BCUT2D eigenvalue weighted by Crippen LogP contribution is -2.50. The van der Waals surface area contributed by atoms with Gasteiger partial charge in [-0.15, -0.1) is 0 Å².